The third-order valence-electron chi connectivity index (χ3n) is 2.19. The molecule has 0 aromatic heterocycles. The number of hydrogen-bond acceptors (Lipinski definition) is 1. The third-order valence-corrected chi connectivity index (χ3v) is 2.19. The van der Waals surface area contributed by atoms with Gasteiger partial charge in [0.15, 0.2) is 5.78 Å². The monoisotopic (exact) mass is 176 g/mol. The van der Waals surface area contributed by atoms with Crippen molar-refractivity contribution in [1.29, 1.82) is 0 Å². The Labute approximate surface area is 75.9 Å². The fraction of sp³-hybridized carbons (Fsp3) is 0.182. The highest BCUT2D eigenvalue weighted by molar-refractivity contribution is 6.05. The van der Waals surface area contributed by atoms with Crippen LogP contribution in [0.4, 0.5) is 4.39 Å². The van der Waals surface area contributed by atoms with Crippen molar-refractivity contribution in [3.8, 4) is 0 Å². The van der Waals surface area contributed by atoms with Gasteiger partial charge in [0.05, 0.1) is 0 Å². The van der Waals surface area contributed by atoms with Crippen LogP contribution in [0.1, 0.15) is 18.4 Å². The van der Waals surface area contributed by atoms with E-state index in [1.54, 1.807) is 12.1 Å². The van der Waals surface area contributed by atoms with E-state index in [2.05, 4.69) is 0 Å². The summed E-state index contributed by atoms with van der Waals surface area (Å²) in [6, 6.07) is 6.15. The summed E-state index contributed by atoms with van der Waals surface area (Å²) in [6.07, 6.45) is 3.34. The fourth-order valence-corrected chi connectivity index (χ4v) is 1.28. The highest BCUT2D eigenvalue weighted by Gasteiger charge is 2.19. The number of ketones is 1. The second-order valence-electron chi connectivity index (χ2n) is 3.14. The first kappa shape index (κ1) is 8.17. The zero-order valence-electron chi connectivity index (χ0n) is 7.09. The van der Waals surface area contributed by atoms with Crippen molar-refractivity contribution in [3.05, 3.63) is 41.2 Å². The van der Waals surface area contributed by atoms with Crippen LogP contribution in [0.3, 0.4) is 0 Å². The molecule has 1 aliphatic rings. The fourth-order valence-electron chi connectivity index (χ4n) is 1.28. The van der Waals surface area contributed by atoms with Crippen LogP contribution < -0.4 is 0 Å². The van der Waals surface area contributed by atoms with E-state index < -0.39 is 0 Å². The van der Waals surface area contributed by atoms with E-state index in [-0.39, 0.29) is 11.6 Å². The maximum Gasteiger partial charge on any atom is 0.159 e. The Morgan fingerprint density at radius 1 is 1.15 bits per heavy atom. The average molecular weight is 176 g/mol. The second kappa shape index (κ2) is 3.13. The molecule has 1 aromatic rings. The number of carbonyl (C=O) groups is 1. The molecule has 0 amide bonds. The van der Waals surface area contributed by atoms with E-state index in [9.17, 15) is 9.18 Å². The van der Waals surface area contributed by atoms with Gasteiger partial charge in [-0.15, -0.1) is 0 Å². The van der Waals surface area contributed by atoms with Gasteiger partial charge in [-0.1, -0.05) is 12.1 Å². The predicted octanol–water partition coefficient (Wildman–Crippen LogP) is 2.57. The molecule has 1 aromatic carbocycles. The molecule has 1 saturated carbocycles. The molecule has 13 heavy (non-hydrogen) atoms. The van der Waals surface area contributed by atoms with Crippen LogP contribution in [0.5, 0.6) is 0 Å². The maximum absolute atomic E-state index is 12.5. The lowest BCUT2D eigenvalue weighted by Crippen LogP contribution is -2.13. The van der Waals surface area contributed by atoms with Gasteiger partial charge in [0.2, 0.25) is 0 Å². The van der Waals surface area contributed by atoms with Crippen LogP contribution >= 0.6 is 0 Å². The number of carbonyl (C=O) groups excluding carboxylic acids is 1. The summed E-state index contributed by atoms with van der Waals surface area (Å²) in [5, 5.41) is 0. The third kappa shape index (κ3) is 1.66. The number of benzene rings is 1. The van der Waals surface area contributed by atoms with Crippen LogP contribution in [0.2, 0.25) is 0 Å². The summed E-state index contributed by atoms with van der Waals surface area (Å²) in [4.78, 5) is 11.0. The molecule has 0 heterocycles. The molecule has 0 N–H and O–H groups in total. The Hall–Kier alpha value is -1.44. The first-order valence-corrected chi connectivity index (χ1v) is 4.25. The standard InChI is InChI=1S/C11H9FO/c12-10-4-1-8(2-5-10)7-9-3-6-11(9)13/h1-2,4-5,7H,3,6H2/b9-7+. The minimum atomic E-state index is -0.248. The number of Topliss-reactive ketones (excluding diaryl/α,β-unsaturated/α-hetero) is 1. The molecule has 2 heteroatoms. The number of allylic oxidation sites excluding steroid dienone is 1. The minimum absolute atomic E-state index is 0.212. The first-order chi connectivity index (χ1) is 6.25. The molecule has 0 aliphatic heterocycles. The van der Waals surface area contributed by atoms with E-state index in [4.69, 9.17) is 0 Å². The van der Waals surface area contributed by atoms with Crippen LogP contribution in [-0.4, -0.2) is 5.78 Å². The quantitative estimate of drug-likeness (QED) is 0.601. The second-order valence-corrected chi connectivity index (χ2v) is 3.14. The molecule has 2 rings (SSSR count). The molecular weight excluding hydrogens is 167 g/mol. The Bertz CT molecular complexity index is 362. The summed E-state index contributed by atoms with van der Waals surface area (Å²) < 4.78 is 12.5. The Balaban J connectivity index is 2.22. The van der Waals surface area contributed by atoms with Crippen molar-refractivity contribution < 1.29 is 9.18 Å². The average Bonchev–Trinajstić information content (AvgIpc) is 2.15. The zero-order chi connectivity index (χ0) is 9.26. The van der Waals surface area contributed by atoms with Crippen molar-refractivity contribution in [2.24, 2.45) is 0 Å². The summed E-state index contributed by atoms with van der Waals surface area (Å²) in [7, 11) is 0. The molecule has 1 aliphatic carbocycles. The van der Waals surface area contributed by atoms with Gasteiger partial charge in [0, 0.05) is 6.42 Å². The molecule has 1 fully saturated rings. The van der Waals surface area contributed by atoms with Gasteiger partial charge in [-0.05, 0) is 35.8 Å². The van der Waals surface area contributed by atoms with E-state index in [0.29, 0.717) is 6.42 Å². The summed E-state index contributed by atoms with van der Waals surface area (Å²) >= 11 is 0. The SMILES string of the molecule is O=C1CC/C1=C\c1ccc(F)cc1. The van der Waals surface area contributed by atoms with Gasteiger partial charge in [-0.2, -0.15) is 0 Å². The Morgan fingerprint density at radius 2 is 1.85 bits per heavy atom. The summed E-state index contributed by atoms with van der Waals surface area (Å²) in [5.74, 6) is -0.0357. The van der Waals surface area contributed by atoms with Gasteiger partial charge in [0.25, 0.3) is 0 Å². The van der Waals surface area contributed by atoms with E-state index in [1.165, 1.54) is 12.1 Å². The molecule has 66 valence electrons. The van der Waals surface area contributed by atoms with Crippen molar-refractivity contribution >= 4 is 11.9 Å². The molecule has 1 nitrogen and oxygen atoms in total. The zero-order valence-corrected chi connectivity index (χ0v) is 7.09. The lowest BCUT2D eigenvalue weighted by atomic mass is 9.89. The lowest BCUT2D eigenvalue weighted by molar-refractivity contribution is -0.118. The van der Waals surface area contributed by atoms with Gasteiger partial charge in [0.1, 0.15) is 5.82 Å². The smallest absolute Gasteiger partial charge is 0.159 e. The van der Waals surface area contributed by atoms with E-state index in [1.807, 2.05) is 6.08 Å². The van der Waals surface area contributed by atoms with Gasteiger partial charge in [-0.25, -0.2) is 4.39 Å². The Morgan fingerprint density at radius 3 is 2.31 bits per heavy atom. The molecule has 0 spiro atoms. The van der Waals surface area contributed by atoms with Gasteiger partial charge in [-0.3, -0.25) is 4.79 Å². The van der Waals surface area contributed by atoms with Crippen LogP contribution in [-0.2, 0) is 4.79 Å². The number of rotatable bonds is 1. The van der Waals surface area contributed by atoms with Crippen LogP contribution in [0.15, 0.2) is 29.8 Å². The van der Waals surface area contributed by atoms with E-state index in [0.717, 1.165) is 17.6 Å². The highest BCUT2D eigenvalue weighted by atomic mass is 19.1. The topological polar surface area (TPSA) is 17.1 Å². The lowest BCUT2D eigenvalue weighted by Gasteiger charge is -2.14. The summed E-state index contributed by atoms with van der Waals surface area (Å²) in [6.45, 7) is 0. The number of hydrogen-bond donors (Lipinski definition) is 0. The van der Waals surface area contributed by atoms with Crippen molar-refractivity contribution in [2.45, 2.75) is 12.8 Å². The Kier molecular flexibility index (Phi) is 1.97. The van der Waals surface area contributed by atoms with Crippen molar-refractivity contribution in [1.82, 2.24) is 0 Å². The van der Waals surface area contributed by atoms with Crippen LogP contribution in [0, 0.1) is 5.82 Å². The molecule has 0 radical (unpaired) electrons. The normalized spacial score (nSPS) is 18.8. The summed E-state index contributed by atoms with van der Waals surface area (Å²) in [5.41, 5.74) is 1.75. The van der Waals surface area contributed by atoms with E-state index >= 15 is 0 Å². The minimum Gasteiger partial charge on any atom is -0.295 e. The van der Waals surface area contributed by atoms with Crippen molar-refractivity contribution in [2.75, 3.05) is 0 Å². The molecule has 0 unspecified atom stereocenters. The highest BCUT2D eigenvalue weighted by Crippen LogP contribution is 2.23. The number of halogens is 1. The van der Waals surface area contributed by atoms with Gasteiger partial charge < -0.3 is 0 Å². The first-order valence-electron chi connectivity index (χ1n) is 4.25. The van der Waals surface area contributed by atoms with Gasteiger partial charge >= 0.3 is 0 Å². The maximum atomic E-state index is 12.5. The van der Waals surface area contributed by atoms with Crippen molar-refractivity contribution in [3.63, 3.8) is 0 Å². The van der Waals surface area contributed by atoms with Crippen LogP contribution in [0.25, 0.3) is 6.08 Å². The molecule has 0 bridgehead atoms. The predicted molar refractivity (Wildman–Crippen MR) is 48.6 cm³/mol. The molecule has 0 saturated heterocycles. The largest absolute Gasteiger partial charge is 0.295 e. The molecule has 0 atom stereocenters. The molecular formula is C11H9FO.